The summed E-state index contributed by atoms with van der Waals surface area (Å²) in [5, 5.41) is 6.71. The quantitative estimate of drug-likeness (QED) is 0.386. The first kappa shape index (κ1) is 22.7. The first-order chi connectivity index (χ1) is 13.9. The zero-order chi connectivity index (χ0) is 21.1. The van der Waals surface area contributed by atoms with Crippen molar-refractivity contribution in [2.75, 3.05) is 19.6 Å². The van der Waals surface area contributed by atoms with Crippen molar-refractivity contribution < 1.29 is 0 Å². The highest BCUT2D eigenvalue weighted by Crippen LogP contribution is 2.22. The molecule has 29 heavy (non-hydrogen) atoms. The Morgan fingerprint density at radius 2 is 1.79 bits per heavy atom. The number of aliphatic imine (C=N–C) groups is 1. The van der Waals surface area contributed by atoms with Crippen LogP contribution in [0.3, 0.4) is 0 Å². The van der Waals surface area contributed by atoms with Gasteiger partial charge in [-0.2, -0.15) is 0 Å². The molecule has 0 saturated carbocycles. The molecule has 2 rings (SSSR count). The molecule has 1 aromatic carbocycles. The largest absolute Gasteiger partial charge is 0.357 e. The first-order valence-corrected chi connectivity index (χ1v) is 10.7. The van der Waals surface area contributed by atoms with Gasteiger partial charge < -0.3 is 15.2 Å². The molecule has 158 valence electrons. The number of nitrogens with one attached hydrogen (secondary N) is 2. The molecule has 2 N–H and O–H groups in total. The molecular weight excluding hydrogens is 360 g/mol. The van der Waals surface area contributed by atoms with E-state index in [2.05, 4.69) is 67.6 Å². The van der Waals surface area contributed by atoms with Gasteiger partial charge in [-0.05, 0) is 48.8 Å². The summed E-state index contributed by atoms with van der Waals surface area (Å²) >= 11 is 0. The number of guanidine groups is 1. The van der Waals surface area contributed by atoms with E-state index in [0.29, 0.717) is 0 Å². The zero-order valence-corrected chi connectivity index (χ0v) is 18.4. The third-order valence-corrected chi connectivity index (χ3v) is 4.85. The second-order valence-electron chi connectivity index (χ2n) is 8.32. The van der Waals surface area contributed by atoms with Crippen LogP contribution in [0.15, 0.2) is 58.4 Å². The fraction of sp³-hybridized carbons (Fsp3) is 0.500. The third-order valence-electron chi connectivity index (χ3n) is 4.85. The maximum absolute atomic E-state index is 11.7. The van der Waals surface area contributed by atoms with Crippen molar-refractivity contribution >= 4 is 5.96 Å². The van der Waals surface area contributed by atoms with Crippen molar-refractivity contribution in [3.05, 3.63) is 70.1 Å². The maximum atomic E-state index is 11.7. The van der Waals surface area contributed by atoms with Gasteiger partial charge in [0.05, 0.1) is 0 Å². The minimum Gasteiger partial charge on any atom is -0.357 e. The lowest BCUT2D eigenvalue weighted by molar-refractivity contribution is 0.590. The average molecular weight is 397 g/mol. The summed E-state index contributed by atoms with van der Waals surface area (Å²) in [7, 11) is 0. The van der Waals surface area contributed by atoms with E-state index in [1.54, 1.807) is 16.7 Å². The average Bonchev–Trinajstić information content (AvgIpc) is 2.69. The molecule has 0 unspecified atom stereocenters. The van der Waals surface area contributed by atoms with Crippen LogP contribution >= 0.6 is 0 Å². The predicted molar refractivity (Wildman–Crippen MR) is 123 cm³/mol. The van der Waals surface area contributed by atoms with E-state index >= 15 is 0 Å². The smallest absolute Gasteiger partial charge is 0.250 e. The molecular formula is C24H36N4O. The van der Waals surface area contributed by atoms with Crippen LogP contribution in [0.25, 0.3) is 0 Å². The fourth-order valence-electron chi connectivity index (χ4n) is 3.07. The molecule has 1 heterocycles. The minimum atomic E-state index is 0.0570. The van der Waals surface area contributed by atoms with Crippen molar-refractivity contribution in [2.24, 2.45) is 4.99 Å². The monoisotopic (exact) mass is 396 g/mol. The molecule has 2 aromatic rings. The van der Waals surface area contributed by atoms with E-state index in [1.807, 2.05) is 12.3 Å². The Bertz CT molecular complexity index is 816. The topological polar surface area (TPSA) is 58.4 Å². The lowest BCUT2D eigenvalue weighted by Gasteiger charge is -2.19. The van der Waals surface area contributed by atoms with Gasteiger partial charge in [0.2, 0.25) is 5.56 Å². The second kappa shape index (κ2) is 11.4. The van der Waals surface area contributed by atoms with Gasteiger partial charge in [0.25, 0.3) is 0 Å². The summed E-state index contributed by atoms with van der Waals surface area (Å²) < 4.78 is 1.75. The Labute approximate surface area is 175 Å². The number of hydrogen-bond acceptors (Lipinski definition) is 2. The lowest BCUT2D eigenvalue weighted by Crippen LogP contribution is -2.38. The highest BCUT2D eigenvalue weighted by atomic mass is 16.1. The van der Waals surface area contributed by atoms with E-state index < -0.39 is 0 Å². The van der Waals surface area contributed by atoms with Crippen molar-refractivity contribution in [3.8, 4) is 0 Å². The zero-order valence-electron chi connectivity index (χ0n) is 18.4. The molecule has 5 nitrogen and oxygen atoms in total. The Morgan fingerprint density at radius 1 is 1.03 bits per heavy atom. The highest BCUT2D eigenvalue weighted by Gasteiger charge is 2.12. The van der Waals surface area contributed by atoms with Gasteiger partial charge in [0.15, 0.2) is 5.96 Å². The molecule has 0 amide bonds. The summed E-state index contributed by atoms with van der Waals surface area (Å²) in [6.07, 6.45) is 4.69. The number of unbranched alkanes of at least 4 members (excludes halogenated alkanes) is 1. The molecule has 0 atom stereocenters. The molecule has 0 aliphatic heterocycles. The van der Waals surface area contributed by atoms with Crippen molar-refractivity contribution in [1.29, 1.82) is 0 Å². The predicted octanol–water partition coefficient (Wildman–Crippen LogP) is 3.72. The van der Waals surface area contributed by atoms with Crippen LogP contribution in [0, 0.1) is 0 Å². The molecule has 0 spiro atoms. The molecule has 0 fully saturated rings. The number of hydrogen-bond donors (Lipinski definition) is 2. The second-order valence-corrected chi connectivity index (χ2v) is 8.32. The fourth-order valence-corrected chi connectivity index (χ4v) is 3.07. The standard InChI is InChI=1S/C24H36N4O/c1-5-25-23(26-16-7-9-19-28-18-8-6-10-22(28)29)27-17-15-20-11-13-21(14-12-20)24(2,3)4/h6,8,10-14,18H,5,7,9,15-17,19H2,1-4H3,(H2,25,26,27). The Hall–Kier alpha value is -2.56. The summed E-state index contributed by atoms with van der Waals surface area (Å²) in [5.41, 5.74) is 2.94. The Kier molecular flexibility index (Phi) is 8.97. The maximum Gasteiger partial charge on any atom is 0.250 e. The minimum absolute atomic E-state index is 0.0570. The Balaban J connectivity index is 1.74. The van der Waals surface area contributed by atoms with Gasteiger partial charge >= 0.3 is 0 Å². The molecule has 0 bridgehead atoms. The van der Waals surface area contributed by atoms with Crippen LogP contribution in [0.1, 0.15) is 51.7 Å². The Morgan fingerprint density at radius 3 is 2.45 bits per heavy atom. The summed E-state index contributed by atoms with van der Waals surface area (Å²) in [6, 6.07) is 14.2. The van der Waals surface area contributed by atoms with Crippen molar-refractivity contribution in [1.82, 2.24) is 15.2 Å². The first-order valence-electron chi connectivity index (χ1n) is 10.7. The van der Waals surface area contributed by atoms with Gasteiger partial charge in [-0.1, -0.05) is 51.1 Å². The van der Waals surface area contributed by atoms with Crippen LogP contribution < -0.4 is 16.2 Å². The summed E-state index contributed by atoms with van der Waals surface area (Å²) in [5.74, 6) is 0.857. The van der Waals surface area contributed by atoms with Gasteiger partial charge in [-0.3, -0.25) is 9.79 Å². The number of aryl methyl sites for hydroxylation is 1. The SMILES string of the molecule is CCNC(=NCCCCn1ccccc1=O)NCCc1ccc(C(C)(C)C)cc1. The van der Waals surface area contributed by atoms with Crippen molar-refractivity contribution in [2.45, 2.75) is 58.9 Å². The number of aromatic nitrogens is 1. The van der Waals surface area contributed by atoms with E-state index in [4.69, 9.17) is 0 Å². The van der Waals surface area contributed by atoms with Gasteiger partial charge in [0, 0.05) is 38.4 Å². The summed E-state index contributed by atoms with van der Waals surface area (Å²) in [6.45, 7) is 12.0. The van der Waals surface area contributed by atoms with E-state index in [0.717, 1.165) is 51.4 Å². The van der Waals surface area contributed by atoms with Crippen molar-refractivity contribution in [3.63, 3.8) is 0 Å². The van der Waals surface area contributed by atoms with Crippen LogP contribution in [0.4, 0.5) is 0 Å². The van der Waals surface area contributed by atoms with Crippen LogP contribution in [0.5, 0.6) is 0 Å². The lowest BCUT2D eigenvalue weighted by atomic mass is 9.86. The summed E-state index contributed by atoms with van der Waals surface area (Å²) in [4.78, 5) is 16.3. The van der Waals surface area contributed by atoms with E-state index in [-0.39, 0.29) is 11.0 Å². The highest BCUT2D eigenvalue weighted by molar-refractivity contribution is 5.79. The van der Waals surface area contributed by atoms with Gasteiger partial charge in [-0.25, -0.2) is 0 Å². The van der Waals surface area contributed by atoms with E-state index in [1.165, 1.54) is 11.1 Å². The van der Waals surface area contributed by atoms with Crippen LogP contribution in [0.2, 0.25) is 0 Å². The van der Waals surface area contributed by atoms with Gasteiger partial charge in [0.1, 0.15) is 0 Å². The van der Waals surface area contributed by atoms with Gasteiger partial charge in [-0.15, -0.1) is 0 Å². The molecule has 1 aromatic heterocycles. The van der Waals surface area contributed by atoms with E-state index in [9.17, 15) is 4.79 Å². The third kappa shape index (κ3) is 8.14. The number of nitrogens with zero attached hydrogens (tertiary/aromatic N) is 2. The molecule has 5 heteroatoms. The number of rotatable bonds is 9. The molecule has 0 radical (unpaired) electrons. The van der Waals surface area contributed by atoms with Crippen LogP contribution in [-0.4, -0.2) is 30.2 Å². The molecule has 0 saturated heterocycles. The number of pyridine rings is 1. The number of benzene rings is 1. The molecule has 0 aliphatic rings. The normalized spacial score (nSPS) is 12.1. The van der Waals surface area contributed by atoms with Crippen LogP contribution in [-0.2, 0) is 18.4 Å². The molecule has 0 aliphatic carbocycles.